The zero-order chi connectivity index (χ0) is 15.4. The molecule has 4 heteroatoms. The molecule has 21 heavy (non-hydrogen) atoms. The average Bonchev–Trinajstić information content (AvgIpc) is 2.47. The lowest BCUT2D eigenvalue weighted by Gasteiger charge is -2.16. The zero-order valence-electron chi connectivity index (χ0n) is 12.7. The Bertz CT molecular complexity index is 633. The van der Waals surface area contributed by atoms with E-state index in [1.165, 1.54) is 5.56 Å². The van der Waals surface area contributed by atoms with Gasteiger partial charge in [0.15, 0.2) is 0 Å². The number of hydrogen-bond acceptors (Lipinski definition) is 3. The number of anilines is 3. The Morgan fingerprint density at radius 2 is 1.81 bits per heavy atom. The molecular weight excluding hydrogens is 262 g/mol. The van der Waals surface area contributed by atoms with Gasteiger partial charge in [-0.05, 0) is 42.3 Å². The second-order valence-electron chi connectivity index (χ2n) is 5.18. The van der Waals surface area contributed by atoms with Crippen molar-refractivity contribution < 1.29 is 4.79 Å². The van der Waals surface area contributed by atoms with E-state index >= 15 is 0 Å². The third-order valence-corrected chi connectivity index (χ3v) is 3.32. The van der Waals surface area contributed by atoms with E-state index < -0.39 is 0 Å². The van der Waals surface area contributed by atoms with Gasteiger partial charge in [-0.25, -0.2) is 0 Å². The van der Waals surface area contributed by atoms with E-state index in [1.54, 1.807) is 37.2 Å². The number of rotatable bonds is 4. The molecule has 2 aromatic rings. The van der Waals surface area contributed by atoms with Crippen LogP contribution in [-0.2, 0) is 6.42 Å². The quantitative estimate of drug-likeness (QED) is 0.847. The number of carbonyl (C=O) groups is 1. The lowest BCUT2D eigenvalue weighted by Crippen LogP contribution is -2.22. The van der Waals surface area contributed by atoms with Gasteiger partial charge in [0.25, 0.3) is 5.91 Å². The Kier molecular flexibility index (Phi) is 4.48. The van der Waals surface area contributed by atoms with Crippen LogP contribution in [0.25, 0.3) is 0 Å². The van der Waals surface area contributed by atoms with Crippen molar-refractivity contribution >= 4 is 23.0 Å². The average molecular weight is 283 g/mol. The molecule has 4 nitrogen and oxygen atoms in total. The zero-order valence-corrected chi connectivity index (χ0v) is 12.7. The van der Waals surface area contributed by atoms with Crippen LogP contribution in [0.1, 0.15) is 22.8 Å². The number of carbonyl (C=O) groups excluding carboxylic acids is 1. The Morgan fingerprint density at radius 3 is 2.38 bits per heavy atom. The third-order valence-electron chi connectivity index (χ3n) is 3.32. The Morgan fingerprint density at radius 1 is 1.14 bits per heavy atom. The molecule has 0 heterocycles. The highest BCUT2D eigenvalue weighted by Gasteiger charge is 2.13. The van der Waals surface area contributed by atoms with E-state index in [4.69, 9.17) is 5.73 Å². The van der Waals surface area contributed by atoms with E-state index in [0.29, 0.717) is 11.3 Å². The molecule has 0 saturated heterocycles. The highest BCUT2D eigenvalue weighted by molar-refractivity contribution is 6.00. The van der Waals surface area contributed by atoms with Gasteiger partial charge in [0.05, 0.1) is 11.3 Å². The molecule has 0 aromatic heterocycles. The highest BCUT2D eigenvalue weighted by Crippen LogP contribution is 2.25. The van der Waals surface area contributed by atoms with Gasteiger partial charge in [0.2, 0.25) is 0 Å². The largest absolute Gasteiger partial charge is 0.399 e. The van der Waals surface area contributed by atoms with Crippen LogP contribution in [0, 0.1) is 0 Å². The first-order chi connectivity index (χ1) is 10.0. The van der Waals surface area contributed by atoms with Crippen LogP contribution in [-0.4, -0.2) is 24.9 Å². The number of nitrogens with one attached hydrogen (secondary N) is 1. The second kappa shape index (κ2) is 6.31. The number of benzene rings is 2. The van der Waals surface area contributed by atoms with Crippen LogP contribution < -0.4 is 11.1 Å². The molecule has 0 aliphatic carbocycles. The van der Waals surface area contributed by atoms with Crippen LogP contribution in [0.4, 0.5) is 17.1 Å². The number of nitrogens with zero attached hydrogens (tertiary/aromatic N) is 1. The van der Waals surface area contributed by atoms with Gasteiger partial charge in [-0.15, -0.1) is 0 Å². The number of nitrogens with two attached hydrogens (primary N) is 1. The van der Waals surface area contributed by atoms with Crippen molar-refractivity contribution in [2.24, 2.45) is 0 Å². The normalized spacial score (nSPS) is 10.2. The topological polar surface area (TPSA) is 58.4 Å². The molecule has 0 aliphatic rings. The van der Waals surface area contributed by atoms with E-state index in [-0.39, 0.29) is 5.91 Å². The second-order valence-corrected chi connectivity index (χ2v) is 5.18. The van der Waals surface area contributed by atoms with Crippen LogP contribution in [0.15, 0.2) is 42.5 Å². The van der Waals surface area contributed by atoms with Crippen LogP contribution in [0.2, 0.25) is 0 Å². The summed E-state index contributed by atoms with van der Waals surface area (Å²) >= 11 is 0. The minimum Gasteiger partial charge on any atom is -0.399 e. The summed E-state index contributed by atoms with van der Waals surface area (Å²) in [7, 11) is 3.47. The van der Waals surface area contributed by atoms with Crippen molar-refractivity contribution in [3.8, 4) is 0 Å². The first-order valence-electron chi connectivity index (χ1n) is 6.98. The molecule has 0 saturated carbocycles. The van der Waals surface area contributed by atoms with Gasteiger partial charge in [0.1, 0.15) is 0 Å². The Hall–Kier alpha value is -2.49. The van der Waals surface area contributed by atoms with Gasteiger partial charge in [0, 0.05) is 25.5 Å². The summed E-state index contributed by atoms with van der Waals surface area (Å²) in [5, 5.41) is 3.27. The molecule has 3 N–H and O–H groups in total. The lowest BCUT2D eigenvalue weighted by atomic mass is 10.1. The van der Waals surface area contributed by atoms with Gasteiger partial charge in [-0.2, -0.15) is 0 Å². The number of hydrogen-bond donors (Lipinski definition) is 2. The molecule has 0 fully saturated rings. The van der Waals surface area contributed by atoms with Crippen molar-refractivity contribution in [3.63, 3.8) is 0 Å². The van der Waals surface area contributed by atoms with Crippen molar-refractivity contribution in [2.75, 3.05) is 25.1 Å². The van der Waals surface area contributed by atoms with Gasteiger partial charge in [-0.1, -0.05) is 19.1 Å². The van der Waals surface area contributed by atoms with Crippen LogP contribution >= 0.6 is 0 Å². The first kappa shape index (κ1) is 14.9. The molecule has 0 unspecified atom stereocenters. The molecular formula is C17H21N3O. The lowest BCUT2D eigenvalue weighted by molar-refractivity contribution is 0.0828. The molecule has 0 atom stereocenters. The molecule has 0 aliphatic heterocycles. The Balaban J connectivity index is 2.33. The van der Waals surface area contributed by atoms with Crippen molar-refractivity contribution in [2.45, 2.75) is 13.3 Å². The summed E-state index contributed by atoms with van der Waals surface area (Å²) in [6.45, 7) is 2.12. The van der Waals surface area contributed by atoms with Gasteiger partial charge < -0.3 is 16.0 Å². The third kappa shape index (κ3) is 3.54. The summed E-state index contributed by atoms with van der Waals surface area (Å²) < 4.78 is 0. The molecule has 2 rings (SSSR count). The summed E-state index contributed by atoms with van der Waals surface area (Å²) in [6.07, 6.45) is 1.00. The molecule has 2 aromatic carbocycles. The van der Waals surface area contributed by atoms with Crippen LogP contribution in [0.5, 0.6) is 0 Å². The van der Waals surface area contributed by atoms with E-state index in [0.717, 1.165) is 17.8 Å². The number of amides is 1. The summed E-state index contributed by atoms with van der Waals surface area (Å²) in [5.74, 6) is -0.0531. The predicted molar refractivity (Wildman–Crippen MR) is 88.0 cm³/mol. The fraction of sp³-hybridized carbons (Fsp3) is 0.235. The van der Waals surface area contributed by atoms with Crippen molar-refractivity contribution in [1.82, 2.24) is 4.90 Å². The maximum Gasteiger partial charge on any atom is 0.255 e. The fourth-order valence-corrected chi connectivity index (χ4v) is 2.07. The predicted octanol–water partition coefficient (Wildman–Crippen LogP) is 3.28. The SMILES string of the molecule is CCc1ccc(Nc2cc(N)ccc2C(=O)N(C)C)cc1. The monoisotopic (exact) mass is 283 g/mol. The van der Waals surface area contributed by atoms with E-state index in [1.807, 2.05) is 12.1 Å². The summed E-state index contributed by atoms with van der Waals surface area (Å²) in [6, 6.07) is 13.4. The van der Waals surface area contributed by atoms with Crippen LogP contribution in [0.3, 0.4) is 0 Å². The van der Waals surface area contributed by atoms with Crippen molar-refractivity contribution in [1.29, 1.82) is 0 Å². The fourth-order valence-electron chi connectivity index (χ4n) is 2.07. The minimum absolute atomic E-state index is 0.0531. The maximum atomic E-state index is 12.2. The Labute approximate surface area is 125 Å². The maximum absolute atomic E-state index is 12.2. The van der Waals surface area contributed by atoms with E-state index in [2.05, 4.69) is 24.4 Å². The summed E-state index contributed by atoms with van der Waals surface area (Å²) in [5.41, 5.74) is 10.00. The smallest absolute Gasteiger partial charge is 0.255 e. The standard InChI is InChI=1S/C17H21N3O/c1-4-12-5-8-14(9-6-12)19-16-11-13(18)7-10-15(16)17(21)20(2)3/h5-11,19H,4,18H2,1-3H3. The van der Waals surface area contributed by atoms with Gasteiger partial charge >= 0.3 is 0 Å². The first-order valence-corrected chi connectivity index (χ1v) is 6.98. The molecule has 1 amide bonds. The minimum atomic E-state index is -0.0531. The highest BCUT2D eigenvalue weighted by atomic mass is 16.2. The molecule has 110 valence electrons. The van der Waals surface area contributed by atoms with E-state index in [9.17, 15) is 4.79 Å². The molecule has 0 bridgehead atoms. The van der Waals surface area contributed by atoms with Gasteiger partial charge in [-0.3, -0.25) is 4.79 Å². The summed E-state index contributed by atoms with van der Waals surface area (Å²) in [4.78, 5) is 13.8. The number of aryl methyl sites for hydroxylation is 1. The molecule has 0 radical (unpaired) electrons. The van der Waals surface area contributed by atoms with Crippen molar-refractivity contribution in [3.05, 3.63) is 53.6 Å². The molecule has 0 spiro atoms. The number of nitrogen functional groups attached to an aromatic ring is 1.